The maximum absolute atomic E-state index is 6.00. The molecule has 0 radical (unpaired) electrons. The first-order chi connectivity index (χ1) is 9.64. The summed E-state index contributed by atoms with van der Waals surface area (Å²) in [5.41, 5.74) is 1.18. The predicted molar refractivity (Wildman–Crippen MR) is 81.3 cm³/mol. The van der Waals surface area contributed by atoms with Crippen LogP contribution in [0.5, 0.6) is 5.75 Å². The Balaban J connectivity index is 1.79. The van der Waals surface area contributed by atoms with Gasteiger partial charge in [0.1, 0.15) is 5.60 Å². The van der Waals surface area contributed by atoms with Gasteiger partial charge in [0.2, 0.25) is 0 Å². The molecule has 0 fully saturated rings. The molecule has 0 saturated carbocycles. The van der Waals surface area contributed by atoms with Crippen molar-refractivity contribution in [1.29, 1.82) is 0 Å². The van der Waals surface area contributed by atoms with Crippen LogP contribution in [0.4, 0.5) is 5.82 Å². The summed E-state index contributed by atoms with van der Waals surface area (Å²) in [6.45, 7) is 6.07. The van der Waals surface area contributed by atoms with Gasteiger partial charge in [0.05, 0.1) is 6.54 Å². The maximum Gasteiger partial charge on any atom is 0.171 e. The average Bonchev–Trinajstić information content (AvgIpc) is 2.45. The van der Waals surface area contributed by atoms with Crippen LogP contribution in [0.15, 0.2) is 48.7 Å². The van der Waals surface area contributed by atoms with Gasteiger partial charge in [0.15, 0.2) is 11.6 Å². The smallest absolute Gasteiger partial charge is 0.171 e. The Hall–Kier alpha value is -2.03. The van der Waals surface area contributed by atoms with Crippen molar-refractivity contribution < 1.29 is 4.74 Å². The van der Waals surface area contributed by atoms with E-state index < -0.39 is 0 Å². The van der Waals surface area contributed by atoms with Crippen LogP contribution in [-0.2, 0) is 6.42 Å². The molecule has 0 bridgehead atoms. The largest absolute Gasteiger partial charge is 0.482 e. The van der Waals surface area contributed by atoms with E-state index in [-0.39, 0.29) is 5.60 Å². The van der Waals surface area contributed by atoms with Gasteiger partial charge >= 0.3 is 0 Å². The standard InChI is InChI=1S/C17H20N2O/c1-17(2)13-19(12-10-14-7-4-3-5-8-14)16-15(20-17)9-6-11-18-16/h3-9,11H,10,12-13H2,1-2H3. The molecule has 3 rings (SSSR count). The lowest BCUT2D eigenvalue weighted by Gasteiger charge is -2.40. The first kappa shape index (κ1) is 13.0. The third-order valence-electron chi connectivity index (χ3n) is 3.52. The minimum atomic E-state index is -0.174. The number of fused-ring (bicyclic) bond motifs is 1. The molecular weight excluding hydrogens is 248 g/mol. The molecule has 0 saturated heterocycles. The van der Waals surface area contributed by atoms with Crippen molar-refractivity contribution in [1.82, 2.24) is 4.98 Å². The third kappa shape index (κ3) is 2.77. The van der Waals surface area contributed by atoms with Gasteiger partial charge in [0.25, 0.3) is 0 Å². The van der Waals surface area contributed by atoms with Gasteiger partial charge in [0, 0.05) is 12.7 Å². The second-order valence-corrected chi connectivity index (χ2v) is 5.84. The van der Waals surface area contributed by atoms with Gasteiger partial charge in [-0.15, -0.1) is 0 Å². The maximum atomic E-state index is 6.00. The molecule has 0 spiro atoms. The number of nitrogens with zero attached hydrogens (tertiary/aromatic N) is 2. The Morgan fingerprint density at radius 1 is 1.15 bits per heavy atom. The van der Waals surface area contributed by atoms with Crippen molar-refractivity contribution in [3.63, 3.8) is 0 Å². The minimum Gasteiger partial charge on any atom is -0.482 e. The minimum absolute atomic E-state index is 0.174. The van der Waals surface area contributed by atoms with Crippen molar-refractivity contribution >= 4 is 5.82 Å². The van der Waals surface area contributed by atoms with Crippen LogP contribution in [-0.4, -0.2) is 23.7 Å². The highest BCUT2D eigenvalue weighted by atomic mass is 16.5. The molecule has 0 unspecified atom stereocenters. The van der Waals surface area contributed by atoms with E-state index in [1.54, 1.807) is 0 Å². The zero-order chi connectivity index (χ0) is 14.0. The number of aromatic nitrogens is 1. The molecule has 0 aliphatic carbocycles. The number of anilines is 1. The summed E-state index contributed by atoms with van der Waals surface area (Å²) in [5, 5.41) is 0. The summed E-state index contributed by atoms with van der Waals surface area (Å²) in [5.74, 6) is 1.85. The molecule has 2 heterocycles. The van der Waals surface area contributed by atoms with Crippen LogP contribution in [0.25, 0.3) is 0 Å². The Labute approximate surface area is 120 Å². The monoisotopic (exact) mass is 268 g/mol. The predicted octanol–water partition coefficient (Wildman–Crippen LogP) is 3.30. The van der Waals surface area contributed by atoms with E-state index in [2.05, 4.69) is 54.1 Å². The molecule has 1 aliphatic heterocycles. The summed E-state index contributed by atoms with van der Waals surface area (Å²) >= 11 is 0. The first-order valence-corrected chi connectivity index (χ1v) is 7.07. The highest BCUT2D eigenvalue weighted by Gasteiger charge is 2.32. The molecule has 1 aromatic heterocycles. The lowest BCUT2D eigenvalue weighted by molar-refractivity contribution is 0.104. The zero-order valence-electron chi connectivity index (χ0n) is 12.0. The number of rotatable bonds is 3. The highest BCUT2D eigenvalue weighted by molar-refractivity contribution is 5.54. The molecular formula is C17H20N2O. The summed E-state index contributed by atoms with van der Waals surface area (Å²) < 4.78 is 6.00. The molecule has 104 valence electrons. The van der Waals surface area contributed by atoms with Crippen molar-refractivity contribution in [2.75, 3.05) is 18.0 Å². The Bertz CT molecular complexity index is 581. The van der Waals surface area contributed by atoms with Crippen LogP contribution in [0.1, 0.15) is 19.4 Å². The van der Waals surface area contributed by atoms with Gasteiger partial charge in [-0.2, -0.15) is 0 Å². The molecule has 1 aliphatic rings. The number of hydrogen-bond acceptors (Lipinski definition) is 3. The highest BCUT2D eigenvalue weighted by Crippen LogP contribution is 2.34. The SMILES string of the molecule is CC1(C)CN(CCc2ccccc2)c2ncccc2O1. The number of benzene rings is 1. The summed E-state index contributed by atoms with van der Waals surface area (Å²) in [7, 11) is 0. The van der Waals surface area contributed by atoms with E-state index in [9.17, 15) is 0 Å². The Morgan fingerprint density at radius 3 is 2.75 bits per heavy atom. The summed E-state index contributed by atoms with van der Waals surface area (Å²) in [4.78, 5) is 6.80. The second kappa shape index (κ2) is 5.16. The van der Waals surface area contributed by atoms with E-state index in [0.717, 1.165) is 31.1 Å². The van der Waals surface area contributed by atoms with E-state index in [1.165, 1.54) is 5.56 Å². The number of ether oxygens (including phenoxy) is 1. The van der Waals surface area contributed by atoms with Gasteiger partial charge in [-0.05, 0) is 38.0 Å². The fourth-order valence-electron chi connectivity index (χ4n) is 2.66. The van der Waals surface area contributed by atoms with E-state index >= 15 is 0 Å². The van der Waals surface area contributed by atoms with Crippen LogP contribution < -0.4 is 9.64 Å². The molecule has 0 N–H and O–H groups in total. The normalized spacial score (nSPS) is 16.4. The fourth-order valence-corrected chi connectivity index (χ4v) is 2.66. The van der Waals surface area contributed by atoms with E-state index in [1.807, 2.05) is 18.3 Å². The molecule has 0 atom stereocenters. The molecule has 3 heteroatoms. The first-order valence-electron chi connectivity index (χ1n) is 7.07. The van der Waals surface area contributed by atoms with Crippen LogP contribution >= 0.6 is 0 Å². The van der Waals surface area contributed by atoms with Crippen molar-refractivity contribution in [2.24, 2.45) is 0 Å². The molecule has 1 aromatic carbocycles. The Kier molecular flexibility index (Phi) is 3.35. The fraction of sp³-hybridized carbons (Fsp3) is 0.353. The molecule has 0 amide bonds. The summed E-state index contributed by atoms with van der Waals surface area (Å²) in [6.07, 6.45) is 2.85. The molecule has 3 nitrogen and oxygen atoms in total. The third-order valence-corrected chi connectivity index (χ3v) is 3.52. The Morgan fingerprint density at radius 2 is 1.95 bits per heavy atom. The quantitative estimate of drug-likeness (QED) is 0.854. The lowest BCUT2D eigenvalue weighted by atomic mass is 10.1. The second-order valence-electron chi connectivity index (χ2n) is 5.84. The topological polar surface area (TPSA) is 25.4 Å². The molecule has 2 aromatic rings. The van der Waals surface area contributed by atoms with Crippen molar-refractivity contribution in [3.8, 4) is 5.75 Å². The van der Waals surface area contributed by atoms with Gasteiger partial charge in [-0.25, -0.2) is 4.98 Å². The molecule has 20 heavy (non-hydrogen) atoms. The van der Waals surface area contributed by atoms with Gasteiger partial charge in [-0.1, -0.05) is 30.3 Å². The lowest BCUT2D eigenvalue weighted by Crippen LogP contribution is -2.47. The van der Waals surface area contributed by atoms with Crippen LogP contribution in [0.3, 0.4) is 0 Å². The average molecular weight is 268 g/mol. The van der Waals surface area contributed by atoms with Gasteiger partial charge in [-0.3, -0.25) is 0 Å². The van der Waals surface area contributed by atoms with Crippen LogP contribution in [0, 0.1) is 0 Å². The van der Waals surface area contributed by atoms with Crippen molar-refractivity contribution in [2.45, 2.75) is 25.9 Å². The van der Waals surface area contributed by atoms with Crippen molar-refractivity contribution in [3.05, 3.63) is 54.2 Å². The summed E-state index contributed by atoms with van der Waals surface area (Å²) in [6, 6.07) is 14.5. The van der Waals surface area contributed by atoms with Gasteiger partial charge < -0.3 is 9.64 Å². The zero-order valence-corrected chi connectivity index (χ0v) is 12.0. The van der Waals surface area contributed by atoms with E-state index in [4.69, 9.17) is 4.74 Å². The number of pyridine rings is 1. The van der Waals surface area contributed by atoms with E-state index in [0.29, 0.717) is 0 Å². The number of hydrogen-bond donors (Lipinski definition) is 0. The van der Waals surface area contributed by atoms with Crippen LogP contribution in [0.2, 0.25) is 0 Å².